The maximum absolute atomic E-state index is 12.2. The van der Waals surface area contributed by atoms with Crippen molar-refractivity contribution in [2.24, 2.45) is 0 Å². The predicted octanol–water partition coefficient (Wildman–Crippen LogP) is 2.29. The summed E-state index contributed by atoms with van der Waals surface area (Å²) in [5.74, 6) is -1.18. The molecule has 0 aliphatic carbocycles. The van der Waals surface area contributed by atoms with Crippen LogP contribution in [0.4, 0.5) is 5.69 Å². The molecule has 1 amide bonds. The largest absolute Gasteiger partial charge is 0.420 e. The average Bonchev–Trinajstić information content (AvgIpc) is 2.81. The highest BCUT2D eigenvalue weighted by Crippen LogP contribution is 2.19. The van der Waals surface area contributed by atoms with E-state index < -0.39 is 21.5 Å². The lowest BCUT2D eigenvalue weighted by Crippen LogP contribution is -2.24. The Labute approximate surface area is 147 Å². The summed E-state index contributed by atoms with van der Waals surface area (Å²) in [4.78, 5) is 24.2. The highest BCUT2D eigenvalue weighted by molar-refractivity contribution is 7.90. The summed E-state index contributed by atoms with van der Waals surface area (Å²) in [5.41, 5.74) is 1.04. The van der Waals surface area contributed by atoms with E-state index in [0.29, 0.717) is 16.2 Å². The van der Waals surface area contributed by atoms with E-state index in [4.69, 9.17) is 16.0 Å². The molecule has 0 atom stereocenters. The van der Waals surface area contributed by atoms with Crippen LogP contribution in [0.5, 0.6) is 0 Å². The molecule has 0 saturated carbocycles. The number of carbonyl (C=O) groups is 1. The van der Waals surface area contributed by atoms with Crippen molar-refractivity contribution in [3.05, 3.63) is 58.0 Å². The van der Waals surface area contributed by atoms with Crippen molar-refractivity contribution in [1.82, 2.24) is 4.57 Å². The molecule has 0 radical (unpaired) electrons. The number of aromatic nitrogens is 1. The number of hydrogen-bond acceptors (Lipinski definition) is 5. The summed E-state index contributed by atoms with van der Waals surface area (Å²) in [5, 5.41) is 2.98. The third-order valence-corrected chi connectivity index (χ3v) is 4.82. The van der Waals surface area contributed by atoms with Gasteiger partial charge in [0.25, 0.3) is 0 Å². The van der Waals surface area contributed by atoms with E-state index in [2.05, 4.69) is 5.32 Å². The minimum Gasteiger partial charge on any atom is -0.408 e. The Morgan fingerprint density at radius 1 is 1.24 bits per heavy atom. The summed E-state index contributed by atoms with van der Waals surface area (Å²) in [6.45, 7) is -0.281. The molecule has 3 aromatic rings. The second kappa shape index (κ2) is 6.38. The molecular formula is C16H13ClN2O5S. The fourth-order valence-corrected chi connectivity index (χ4v) is 3.17. The number of nitrogens with zero attached hydrogens (tertiary/aromatic N) is 1. The summed E-state index contributed by atoms with van der Waals surface area (Å²) < 4.78 is 29.4. The number of anilines is 1. The fourth-order valence-electron chi connectivity index (χ4n) is 2.34. The van der Waals surface area contributed by atoms with Gasteiger partial charge in [-0.05, 0) is 30.3 Å². The summed E-state index contributed by atoms with van der Waals surface area (Å²) in [6, 6.07) is 10.5. The smallest absolute Gasteiger partial charge is 0.408 e. The van der Waals surface area contributed by atoms with Crippen LogP contribution in [0.1, 0.15) is 0 Å². The van der Waals surface area contributed by atoms with E-state index in [1.165, 1.54) is 28.8 Å². The molecule has 9 heteroatoms. The van der Waals surface area contributed by atoms with Gasteiger partial charge in [-0.2, -0.15) is 0 Å². The maximum Gasteiger partial charge on any atom is 0.420 e. The van der Waals surface area contributed by atoms with E-state index in [0.717, 1.165) is 6.26 Å². The second-order valence-electron chi connectivity index (χ2n) is 5.41. The molecule has 25 heavy (non-hydrogen) atoms. The highest BCUT2D eigenvalue weighted by atomic mass is 35.5. The van der Waals surface area contributed by atoms with Crippen LogP contribution in [-0.4, -0.2) is 25.1 Å². The van der Waals surface area contributed by atoms with Crippen molar-refractivity contribution in [3.63, 3.8) is 0 Å². The minimum atomic E-state index is -3.38. The van der Waals surface area contributed by atoms with Gasteiger partial charge < -0.3 is 9.73 Å². The number of nitrogens with one attached hydrogen (secondary N) is 1. The Hall–Kier alpha value is -2.58. The topological polar surface area (TPSA) is 98.4 Å². The summed E-state index contributed by atoms with van der Waals surface area (Å²) in [6.07, 6.45) is 1.08. The lowest BCUT2D eigenvalue weighted by atomic mass is 10.3. The van der Waals surface area contributed by atoms with Crippen LogP contribution in [0.3, 0.4) is 0 Å². The number of amides is 1. The van der Waals surface area contributed by atoms with Gasteiger partial charge in [-0.15, -0.1) is 0 Å². The van der Waals surface area contributed by atoms with Crippen molar-refractivity contribution in [3.8, 4) is 0 Å². The first-order chi connectivity index (χ1) is 11.7. The Bertz CT molecular complexity index is 1130. The Kier molecular flexibility index (Phi) is 4.40. The molecule has 0 aliphatic heterocycles. The van der Waals surface area contributed by atoms with Crippen molar-refractivity contribution in [1.29, 1.82) is 0 Å². The number of sulfone groups is 1. The van der Waals surface area contributed by atoms with Gasteiger partial charge in [-0.3, -0.25) is 9.36 Å². The lowest BCUT2D eigenvalue weighted by Gasteiger charge is -2.07. The number of benzene rings is 2. The van der Waals surface area contributed by atoms with Crippen molar-refractivity contribution < 1.29 is 17.6 Å². The van der Waals surface area contributed by atoms with Gasteiger partial charge in [0.1, 0.15) is 6.54 Å². The monoisotopic (exact) mass is 380 g/mol. The van der Waals surface area contributed by atoms with E-state index in [-0.39, 0.29) is 17.0 Å². The number of carbonyl (C=O) groups excluding carboxylic acids is 1. The van der Waals surface area contributed by atoms with E-state index in [1.807, 2.05) is 0 Å². The van der Waals surface area contributed by atoms with Gasteiger partial charge in [0.15, 0.2) is 15.4 Å². The molecular weight excluding hydrogens is 368 g/mol. The van der Waals surface area contributed by atoms with E-state index in [9.17, 15) is 18.0 Å². The fraction of sp³-hybridized carbons (Fsp3) is 0.125. The molecule has 1 aromatic heterocycles. The Morgan fingerprint density at radius 3 is 2.72 bits per heavy atom. The normalized spacial score (nSPS) is 11.6. The van der Waals surface area contributed by atoms with Crippen LogP contribution in [0, 0.1) is 0 Å². The van der Waals surface area contributed by atoms with E-state index >= 15 is 0 Å². The second-order valence-corrected chi connectivity index (χ2v) is 7.87. The summed E-state index contributed by atoms with van der Waals surface area (Å²) >= 11 is 5.85. The quantitative estimate of drug-likeness (QED) is 0.748. The molecule has 0 bridgehead atoms. The standard InChI is InChI=1S/C16H13ClN2O5S/c1-25(22,23)12-4-2-3-11(8-12)18-15(20)9-19-13-6-5-10(17)7-14(13)24-16(19)21/h2-8H,9H2,1H3,(H,18,20). The third-order valence-electron chi connectivity index (χ3n) is 3.48. The molecule has 0 fully saturated rings. The van der Waals surface area contributed by atoms with Crippen LogP contribution >= 0.6 is 11.6 Å². The van der Waals surface area contributed by atoms with Gasteiger partial charge in [0.05, 0.1) is 10.4 Å². The Balaban J connectivity index is 1.84. The zero-order valence-electron chi connectivity index (χ0n) is 13.0. The third kappa shape index (κ3) is 3.75. The molecule has 2 aromatic carbocycles. The van der Waals surface area contributed by atoms with Gasteiger partial charge in [-0.1, -0.05) is 17.7 Å². The van der Waals surface area contributed by atoms with Crippen LogP contribution in [-0.2, 0) is 21.2 Å². The zero-order valence-corrected chi connectivity index (χ0v) is 14.6. The number of rotatable bonds is 4. The van der Waals surface area contributed by atoms with E-state index in [1.54, 1.807) is 18.2 Å². The number of oxazole rings is 1. The average molecular weight is 381 g/mol. The number of fused-ring (bicyclic) bond motifs is 1. The molecule has 0 saturated heterocycles. The van der Waals surface area contributed by atoms with Crippen LogP contribution in [0.25, 0.3) is 11.1 Å². The molecule has 3 rings (SSSR count). The van der Waals surface area contributed by atoms with Gasteiger partial charge in [0.2, 0.25) is 5.91 Å². The SMILES string of the molecule is CS(=O)(=O)c1cccc(NC(=O)Cn2c(=O)oc3cc(Cl)ccc32)c1. The first-order valence-corrected chi connectivity index (χ1v) is 9.40. The van der Waals surface area contributed by atoms with Crippen molar-refractivity contribution in [2.45, 2.75) is 11.4 Å². The van der Waals surface area contributed by atoms with Gasteiger partial charge in [0, 0.05) is 23.0 Å². The summed E-state index contributed by atoms with van der Waals surface area (Å²) in [7, 11) is -3.38. The number of hydrogen-bond donors (Lipinski definition) is 1. The van der Waals surface area contributed by atoms with Crippen LogP contribution < -0.4 is 11.1 Å². The van der Waals surface area contributed by atoms with Crippen molar-refractivity contribution >= 4 is 44.1 Å². The molecule has 0 aliphatic rings. The first-order valence-electron chi connectivity index (χ1n) is 7.13. The maximum atomic E-state index is 12.2. The molecule has 0 unspecified atom stereocenters. The highest BCUT2D eigenvalue weighted by Gasteiger charge is 2.14. The lowest BCUT2D eigenvalue weighted by molar-refractivity contribution is -0.116. The van der Waals surface area contributed by atoms with Crippen LogP contribution in [0.2, 0.25) is 5.02 Å². The molecule has 1 heterocycles. The Morgan fingerprint density at radius 2 is 2.00 bits per heavy atom. The minimum absolute atomic E-state index is 0.0888. The van der Waals surface area contributed by atoms with Crippen LogP contribution in [0.15, 0.2) is 56.6 Å². The molecule has 130 valence electrons. The number of halogens is 1. The molecule has 0 spiro atoms. The molecule has 7 nitrogen and oxygen atoms in total. The van der Waals surface area contributed by atoms with Gasteiger partial charge in [-0.25, -0.2) is 13.2 Å². The zero-order chi connectivity index (χ0) is 18.2. The molecule has 1 N–H and O–H groups in total. The predicted molar refractivity (Wildman–Crippen MR) is 93.7 cm³/mol. The van der Waals surface area contributed by atoms with Gasteiger partial charge >= 0.3 is 5.76 Å². The first kappa shape index (κ1) is 17.2. The van der Waals surface area contributed by atoms with Crippen molar-refractivity contribution in [2.75, 3.05) is 11.6 Å².